The first-order valence-corrected chi connectivity index (χ1v) is 7.69. The van der Waals surface area contributed by atoms with Crippen molar-refractivity contribution in [2.75, 3.05) is 18.6 Å². The maximum atomic E-state index is 4.42. The molecule has 1 N–H and O–H groups in total. The Morgan fingerprint density at radius 3 is 3.31 bits per heavy atom. The van der Waals surface area contributed by atoms with Crippen LogP contribution in [0.15, 0.2) is 23.7 Å². The Labute approximate surface area is 104 Å². The molecule has 0 fully saturated rings. The zero-order valence-corrected chi connectivity index (χ0v) is 11.0. The molecule has 0 amide bonds. The number of rotatable bonds is 6. The van der Waals surface area contributed by atoms with E-state index in [0.29, 0.717) is 0 Å². The molecule has 0 saturated heterocycles. The van der Waals surface area contributed by atoms with E-state index in [9.17, 15) is 0 Å². The molecule has 2 heterocycles. The van der Waals surface area contributed by atoms with Gasteiger partial charge in [-0.05, 0) is 48.1 Å². The number of hydrogen-bond acceptors (Lipinski definition) is 4. The number of fused-ring (bicyclic) bond motifs is 1. The van der Waals surface area contributed by atoms with Gasteiger partial charge in [0.05, 0.1) is 10.2 Å². The molecule has 0 aromatic carbocycles. The van der Waals surface area contributed by atoms with Gasteiger partial charge in [0, 0.05) is 12.7 Å². The molecule has 2 nitrogen and oxygen atoms in total. The molecule has 0 aliphatic carbocycles. The minimum atomic E-state index is 0.926. The maximum absolute atomic E-state index is 4.42. The van der Waals surface area contributed by atoms with E-state index in [1.807, 2.05) is 18.0 Å². The molecular formula is C12H16N2S2. The van der Waals surface area contributed by atoms with Crippen LogP contribution in [0.4, 0.5) is 0 Å². The normalized spacial score (nSPS) is 11.1. The van der Waals surface area contributed by atoms with Crippen LogP contribution in [0, 0.1) is 0 Å². The summed E-state index contributed by atoms with van der Waals surface area (Å²) in [7, 11) is 0. The highest BCUT2D eigenvalue weighted by Gasteiger charge is 1.98. The Morgan fingerprint density at radius 1 is 1.50 bits per heavy atom. The number of pyridine rings is 1. The monoisotopic (exact) mass is 252 g/mol. The first-order valence-electron chi connectivity index (χ1n) is 5.42. The number of thiophene rings is 1. The summed E-state index contributed by atoms with van der Waals surface area (Å²) < 4.78 is 1.28. The van der Waals surface area contributed by atoms with Gasteiger partial charge < -0.3 is 5.32 Å². The Kier molecular flexibility index (Phi) is 4.63. The summed E-state index contributed by atoms with van der Waals surface area (Å²) in [6.07, 6.45) is 5.35. The standard InChI is InChI=1S/C12H16N2S2/c1-15-5-2-4-13-8-10-7-12-11(14-9-10)3-6-16-12/h3,6-7,9,13H,2,4-5,8H2,1H3. The zero-order valence-electron chi connectivity index (χ0n) is 9.40. The van der Waals surface area contributed by atoms with E-state index in [2.05, 4.69) is 34.1 Å². The highest BCUT2D eigenvalue weighted by atomic mass is 32.2. The molecule has 86 valence electrons. The molecule has 0 saturated carbocycles. The molecule has 2 aromatic rings. The van der Waals surface area contributed by atoms with Crippen molar-refractivity contribution >= 4 is 33.3 Å². The summed E-state index contributed by atoms with van der Waals surface area (Å²) in [5.74, 6) is 1.23. The lowest BCUT2D eigenvalue weighted by atomic mass is 10.2. The van der Waals surface area contributed by atoms with Gasteiger partial charge in [0.2, 0.25) is 0 Å². The van der Waals surface area contributed by atoms with Gasteiger partial charge >= 0.3 is 0 Å². The second kappa shape index (κ2) is 6.23. The predicted octanol–water partition coefficient (Wildman–Crippen LogP) is 3.14. The molecule has 0 aliphatic rings. The highest BCUT2D eigenvalue weighted by Crippen LogP contribution is 2.19. The van der Waals surface area contributed by atoms with Gasteiger partial charge in [-0.3, -0.25) is 4.98 Å². The molecule has 0 spiro atoms. The second-order valence-corrected chi connectivity index (χ2v) is 5.60. The molecule has 0 atom stereocenters. The van der Waals surface area contributed by atoms with Crippen molar-refractivity contribution in [3.05, 3.63) is 29.3 Å². The van der Waals surface area contributed by atoms with Crippen LogP contribution in [0.5, 0.6) is 0 Å². The minimum Gasteiger partial charge on any atom is -0.313 e. The van der Waals surface area contributed by atoms with Crippen molar-refractivity contribution in [2.24, 2.45) is 0 Å². The van der Waals surface area contributed by atoms with Crippen LogP contribution in [-0.2, 0) is 6.54 Å². The summed E-state index contributed by atoms with van der Waals surface area (Å²) in [4.78, 5) is 4.42. The first kappa shape index (κ1) is 11.9. The van der Waals surface area contributed by atoms with Gasteiger partial charge in [-0.1, -0.05) is 0 Å². The van der Waals surface area contributed by atoms with E-state index in [-0.39, 0.29) is 0 Å². The molecule has 0 aliphatic heterocycles. The Morgan fingerprint density at radius 2 is 2.44 bits per heavy atom. The smallest absolute Gasteiger partial charge is 0.0809 e. The Balaban J connectivity index is 1.84. The van der Waals surface area contributed by atoms with Gasteiger partial charge in [-0.15, -0.1) is 11.3 Å². The number of hydrogen-bond donors (Lipinski definition) is 1. The topological polar surface area (TPSA) is 24.9 Å². The van der Waals surface area contributed by atoms with Crippen LogP contribution in [0.3, 0.4) is 0 Å². The fraction of sp³-hybridized carbons (Fsp3) is 0.417. The summed E-state index contributed by atoms with van der Waals surface area (Å²) >= 11 is 3.66. The average Bonchev–Trinajstić information content (AvgIpc) is 2.76. The van der Waals surface area contributed by atoms with Gasteiger partial charge in [-0.25, -0.2) is 0 Å². The molecule has 16 heavy (non-hydrogen) atoms. The lowest BCUT2D eigenvalue weighted by molar-refractivity contribution is 0.678. The molecule has 2 aromatic heterocycles. The van der Waals surface area contributed by atoms with E-state index in [4.69, 9.17) is 0 Å². The quantitative estimate of drug-likeness (QED) is 0.800. The van der Waals surface area contributed by atoms with E-state index < -0.39 is 0 Å². The molecule has 0 radical (unpaired) electrons. The number of aromatic nitrogens is 1. The van der Waals surface area contributed by atoms with Crippen LogP contribution in [0.2, 0.25) is 0 Å². The molecule has 0 bridgehead atoms. The number of nitrogens with one attached hydrogen (secondary N) is 1. The molecule has 2 rings (SSSR count). The van der Waals surface area contributed by atoms with Crippen molar-refractivity contribution in [2.45, 2.75) is 13.0 Å². The van der Waals surface area contributed by atoms with Gasteiger partial charge in [-0.2, -0.15) is 11.8 Å². The minimum absolute atomic E-state index is 0.926. The van der Waals surface area contributed by atoms with Crippen molar-refractivity contribution in [1.82, 2.24) is 10.3 Å². The van der Waals surface area contributed by atoms with Crippen LogP contribution in [-0.4, -0.2) is 23.5 Å². The summed E-state index contributed by atoms with van der Waals surface area (Å²) in [6, 6.07) is 4.30. The van der Waals surface area contributed by atoms with Crippen LogP contribution < -0.4 is 5.32 Å². The van der Waals surface area contributed by atoms with Crippen LogP contribution in [0.1, 0.15) is 12.0 Å². The van der Waals surface area contributed by atoms with Gasteiger partial charge in [0.1, 0.15) is 0 Å². The van der Waals surface area contributed by atoms with Crippen molar-refractivity contribution in [1.29, 1.82) is 0 Å². The number of thioether (sulfide) groups is 1. The van der Waals surface area contributed by atoms with E-state index in [1.165, 1.54) is 22.4 Å². The fourth-order valence-corrected chi connectivity index (χ4v) is 2.80. The lowest BCUT2D eigenvalue weighted by Crippen LogP contribution is -2.15. The summed E-state index contributed by atoms with van der Waals surface area (Å²) in [6.45, 7) is 2.01. The molecule has 0 unspecified atom stereocenters. The van der Waals surface area contributed by atoms with Crippen LogP contribution in [0.25, 0.3) is 10.2 Å². The molecular weight excluding hydrogens is 236 g/mol. The Bertz CT molecular complexity index is 439. The van der Waals surface area contributed by atoms with Crippen molar-refractivity contribution in [3.8, 4) is 0 Å². The summed E-state index contributed by atoms with van der Waals surface area (Å²) in [5, 5.41) is 5.54. The van der Waals surface area contributed by atoms with Gasteiger partial charge in [0.25, 0.3) is 0 Å². The lowest BCUT2D eigenvalue weighted by Gasteiger charge is -2.03. The third kappa shape index (κ3) is 3.20. The largest absolute Gasteiger partial charge is 0.313 e. The third-order valence-electron chi connectivity index (χ3n) is 2.39. The fourth-order valence-electron chi connectivity index (χ4n) is 1.56. The van der Waals surface area contributed by atoms with Crippen molar-refractivity contribution in [3.63, 3.8) is 0 Å². The van der Waals surface area contributed by atoms with E-state index >= 15 is 0 Å². The highest BCUT2D eigenvalue weighted by molar-refractivity contribution is 7.98. The SMILES string of the molecule is CSCCCNCc1cnc2ccsc2c1. The average molecular weight is 252 g/mol. The molecule has 4 heteroatoms. The van der Waals surface area contributed by atoms with E-state index in [0.717, 1.165) is 18.6 Å². The first-order chi connectivity index (χ1) is 7.90. The van der Waals surface area contributed by atoms with E-state index in [1.54, 1.807) is 11.3 Å². The van der Waals surface area contributed by atoms with Gasteiger partial charge in [0.15, 0.2) is 0 Å². The number of nitrogens with zero attached hydrogens (tertiary/aromatic N) is 1. The zero-order chi connectivity index (χ0) is 11.2. The van der Waals surface area contributed by atoms with Crippen LogP contribution >= 0.6 is 23.1 Å². The second-order valence-electron chi connectivity index (χ2n) is 3.67. The summed E-state index contributed by atoms with van der Waals surface area (Å²) in [5.41, 5.74) is 2.38. The predicted molar refractivity (Wildman–Crippen MR) is 74.3 cm³/mol. The maximum Gasteiger partial charge on any atom is 0.0809 e. The third-order valence-corrected chi connectivity index (χ3v) is 3.94. The Hall–Kier alpha value is -0.580. The van der Waals surface area contributed by atoms with Crippen molar-refractivity contribution < 1.29 is 0 Å².